The number of hydrogen-bond donors (Lipinski definition) is 3. The largest absolute Gasteiger partial charge is 0.465 e. The van der Waals surface area contributed by atoms with Crippen LogP contribution in [0.1, 0.15) is 47.3 Å². The Morgan fingerprint density at radius 3 is 2.42 bits per heavy atom. The van der Waals surface area contributed by atoms with E-state index >= 15 is 0 Å². The molecule has 4 atom stereocenters. The summed E-state index contributed by atoms with van der Waals surface area (Å²) in [7, 11) is 1.50. The maximum absolute atomic E-state index is 14.5. The molecule has 38 heavy (non-hydrogen) atoms. The molecule has 200 valence electrons. The number of carbonyl (C=O) groups is 2. The first-order valence-electron chi connectivity index (χ1n) is 12.1. The molecule has 2 aromatic heterocycles. The van der Waals surface area contributed by atoms with Gasteiger partial charge in [0.05, 0.1) is 23.5 Å². The SMILES string of the molecule is Cc1cc(F)c(-c2nc(C(=O)Nc3cnccc3[C@H]3C[C@@H](C)[C@@H](N(C)C(=O)O)[C@@H](N)C3)ccc2F)c(F)c1. The van der Waals surface area contributed by atoms with Crippen LogP contribution in [0.2, 0.25) is 0 Å². The number of amides is 2. The highest BCUT2D eigenvalue weighted by molar-refractivity contribution is 6.03. The van der Waals surface area contributed by atoms with E-state index in [1.807, 2.05) is 6.92 Å². The van der Waals surface area contributed by atoms with Gasteiger partial charge in [0, 0.05) is 19.3 Å². The average Bonchev–Trinajstić information content (AvgIpc) is 2.84. The number of nitrogens with one attached hydrogen (secondary N) is 1. The summed E-state index contributed by atoms with van der Waals surface area (Å²) >= 11 is 0. The van der Waals surface area contributed by atoms with E-state index in [1.165, 1.54) is 25.1 Å². The quantitative estimate of drug-likeness (QED) is 0.432. The van der Waals surface area contributed by atoms with E-state index < -0.39 is 46.8 Å². The molecule has 0 radical (unpaired) electrons. The number of nitrogens with zero attached hydrogens (tertiary/aromatic N) is 3. The van der Waals surface area contributed by atoms with Gasteiger partial charge in [-0.3, -0.25) is 9.78 Å². The number of benzene rings is 1. The molecule has 4 N–H and O–H groups in total. The number of likely N-dealkylation sites (N-methyl/N-ethyl adjacent to an activating group) is 1. The van der Waals surface area contributed by atoms with Gasteiger partial charge in [-0.05, 0) is 73.1 Å². The molecule has 0 aliphatic heterocycles. The summed E-state index contributed by atoms with van der Waals surface area (Å²) in [5.74, 6) is -3.82. The van der Waals surface area contributed by atoms with E-state index in [0.717, 1.165) is 29.8 Å². The zero-order valence-electron chi connectivity index (χ0n) is 21.1. The Labute approximate surface area is 217 Å². The van der Waals surface area contributed by atoms with Gasteiger partial charge in [-0.2, -0.15) is 0 Å². The second-order valence-electron chi connectivity index (χ2n) is 9.74. The normalized spacial score (nSPS) is 21.1. The van der Waals surface area contributed by atoms with Crippen LogP contribution in [0, 0.1) is 30.3 Å². The Morgan fingerprint density at radius 2 is 1.79 bits per heavy atom. The van der Waals surface area contributed by atoms with Gasteiger partial charge in [-0.15, -0.1) is 0 Å². The number of aryl methyl sites for hydroxylation is 1. The van der Waals surface area contributed by atoms with Gasteiger partial charge in [0.25, 0.3) is 5.91 Å². The number of rotatable bonds is 5. The van der Waals surface area contributed by atoms with Gasteiger partial charge in [0.15, 0.2) is 0 Å². The molecule has 0 unspecified atom stereocenters. The van der Waals surface area contributed by atoms with Gasteiger partial charge in [0.1, 0.15) is 28.8 Å². The number of carbonyl (C=O) groups excluding carboxylic acids is 1. The maximum atomic E-state index is 14.5. The molecule has 1 fully saturated rings. The summed E-state index contributed by atoms with van der Waals surface area (Å²) in [6, 6.07) is 5.14. The van der Waals surface area contributed by atoms with Crippen molar-refractivity contribution in [3.05, 3.63) is 77.0 Å². The number of anilines is 1. The number of nitrogens with two attached hydrogens (primary N) is 1. The molecule has 2 heterocycles. The first-order valence-corrected chi connectivity index (χ1v) is 12.1. The van der Waals surface area contributed by atoms with Crippen molar-refractivity contribution >= 4 is 17.7 Å². The monoisotopic (exact) mass is 527 g/mol. The molecule has 8 nitrogen and oxygen atoms in total. The fourth-order valence-electron chi connectivity index (χ4n) is 5.35. The molecule has 0 spiro atoms. The highest BCUT2D eigenvalue weighted by Gasteiger charge is 2.39. The second kappa shape index (κ2) is 10.8. The second-order valence-corrected chi connectivity index (χ2v) is 9.74. The highest BCUT2D eigenvalue weighted by Crippen LogP contribution is 2.40. The lowest BCUT2D eigenvalue weighted by Crippen LogP contribution is -2.54. The van der Waals surface area contributed by atoms with Crippen molar-refractivity contribution in [3.8, 4) is 11.3 Å². The van der Waals surface area contributed by atoms with Crippen LogP contribution in [0.4, 0.5) is 23.7 Å². The number of carboxylic acid groups (broad SMARTS) is 1. The predicted octanol–water partition coefficient (Wildman–Crippen LogP) is 4.94. The van der Waals surface area contributed by atoms with Gasteiger partial charge >= 0.3 is 6.09 Å². The summed E-state index contributed by atoms with van der Waals surface area (Å²) in [5.41, 5.74) is 6.33. The summed E-state index contributed by atoms with van der Waals surface area (Å²) in [6.45, 7) is 3.43. The Morgan fingerprint density at radius 1 is 1.11 bits per heavy atom. The first-order chi connectivity index (χ1) is 18.0. The van der Waals surface area contributed by atoms with Crippen LogP contribution < -0.4 is 11.1 Å². The maximum Gasteiger partial charge on any atom is 0.407 e. The van der Waals surface area contributed by atoms with Crippen LogP contribution in [0.3, 0.4) is 0 Å². The predicted molar refractivity (Wildman–Crippen MR) is 135 cm³/mol. The lowest BCUT2D eigenvalue weighted by Gasteiger charge is -2.43. The van der Waals surface area contributed by atoms with E-state index in [4.69, 9.17) is 5.73 Å². The third-order valence-electron chi connectivity index (χ3n) is 7.03. The van der Waals surface area contributed by atoms with E-state index in [-0.39, 0.29) is 23.6 Å². The molecule has 3 aromatic rings. The smallest absolute Gasteiger partial charge is 0.407 e. The molecule has 4 rings (SSSR count). The van der Waals surface area contributed by atoms with Crippen molar-refractivity contribution in [2.45, 2.75) is 44.7 Å². The molecule has 1 aliphatic rings. The minimum Gasteiger partial charge on any atom is -0.465 e. The van der Waals surface area contributed by atoms with E-state index in [9.17, 15) is 27.9 Å². The Hall–Kier alpha value is -3.99. The fourth-order valence-corrected chi connectivity index (χ4v) is 5.35. The van der Waals surface area contributed by atoms with Crippen molar-refractivity contribution in [1.82, 2.24) is 14.9 Å². The van der Waals surface area contributed by atoms with Gasteiger partial charge < -0.3 is 21.1 Å². The molecule has 2 amide bonds. The number of pyridine rings is 2. The van der Waals surface area contributed by atoms with Crippen LogP contribution in [-0.4, -0.2) is 51.1 Å². The molecule has 0 bridgehead atoms. The zero-order valence-corrected chi connectivity index (χ0v) is 21.1. The van der Waals surface area contributed by atoms with Crippen molar-refractivity contribution in [2.75, 3.05) is 12.4 Å². The van der Waals surface area contributed by atoms with E-state index in [2.05, 4.69) is 15.3 Å². The van der Waals surface area contributed by atoms with Crippen LogP contribution in [0.15, 0.2) is 42.7 Å². The Balaban J connectivity index is 1.60. The fraction of sp³-hybridized carbons (Fsp3) is 0.333. The number of halogens is 3. The summed E-state index contributed by atoms with van der Waals surface area (Å²) in [5, 5.41) is 12.1. The molecule has 0 saturated heterocycles. The Kier molecular flexibility index (Phi) is 7.68. The van der Waals surface area contributed by atoms with Crippen LogP contribution in [0.5, 0.6) is 0 Å². The van der Waals surface area contributed by atoms with Crippen LogP contribution >= 0.6 is 0 Å². The highest BCUT2D eigenvalue weighted by atomic mass is 19.1. The third kappa shape index (κ3) is 5.33. The number of hydrogen-bond acceptors (Lipinski definition) is 5. The van der Waals surface area contributed by atoms with Gasteiger partial charge in [-0.25, -0.2) is 22.9 Å². The van der Waals surface area contributed by atoms with Crippen molar-refractivity contribution in [3.63, 3.8) is 0 Å². The Bertz CT molecular complexity index is 1350. The molecule has 11 heteroatoms. The van der Waals surface area contributed by atoms with Crippen LogP contribution in [0.25, 0.3) is 11.3 Å². The lowest BCUT2D eigenvalue weighted by molar-refractivity contribution is 0.0905. The molecule has 1 saturated carbocycles. The first kappa shape index (κ1) is 27.1. The summed E-state index contributed by atoms with van der Waals surface area (Å²) in [4.78, 5) is 33.8. The minimum atomic E-state index is -1.05. The molecular formula is C27H28F3N5O3. The lowest BCUT2D eigenvalue weighted by atomic mass is 9.73. The van der Waals surface area contributed by atoms with Crippen molar-refractivity contribution in [2.24, 2.45) is 11.7 Å². The third-order valence-corrected chi connectivity index (χ3v) is 7.03. The summed E-state index contributed by atoms with van der Waals surface area (Å²) in [6.07, 6.45) is 3.08. The van der Waals surface area contributed by atoms with Crippen LogP contribution in [-0.2, 0) is 0 Å². The number of aromatic nitrogens is 2. The molecule has 1 aliphatic carbocycles. The van der Waals surface area contributed by atoms with E-state index in [0.29, 0.717) is 24.1 Å². The van der Waals surface area contributed by atoms with Gasteiger partial charge in [-0.1, -0.05) is 6.92 Å². The molecule has 1 aromatic carbocycles. The molecular weight excluding hydrogens is 499 g/mol. The average molecular weight is 528 g/mol. The topological polar surface area (TPSA) is 121 Å². The van der Waals surface area contributed by atoms with Gasteiger partial charge in [0.2, 0.25) is 0 Å². The minimum absolute atomic E-state index is 0.0535. The standard InChI is InChI=1S/C27H28F3N5O3/c1-13-8-18(29)23(19(30)9-13)24-17(28)4-5-21(33-24)26(36)34-22-12-32-7-6-16(22)15-10-14(2)25(20(31)11-15)35(3)27(37)38/h4-9,12,14-15,20,25H,10-11,31H2,1-3H3,(H,34,36)(H,37,38)/t14-,15+,20+,25-/m1/s1. The van der Waals surface area contributed by atoms with E-state index in [1.54, 1.807) is 12.3 Å². The van der Waals surface area contributed by atoms with Crippen molar-refractivity contribution < 1.29 is 27.9 Å². The van der Waals surface area contributed by atoms with Crippen molar-refractivity contribution in [1.29, 1.82) is 0 Å². The zero-order chi connectivity index (χ0) is 27.7. The summed E-state index contributed by atoms with van der Waals surface area (Å²) < 4.78 is 43.5.